The minimum atomic E-state index is -0.259. The smallest absolute Gasteiger partial charge is 0.253 e. The van der Waals surface area contributed by atoms with Gasteiger partial charge in [-0.2, -0.15) is 0 Å². The molecule has 2 aromatic carbocycles. The van der Waals surface area contributed by atoms with Gasteiger partial charge in [-0.1, -0.05) is 30.3 Å². The van der Waals surface area contributed by atoms with Gasteiger partial charge in [0.1, 0.15) is 5.75 Å². The fourth-order valence-electron chi connectivity index (χ4n) is 2.30. The van der Waals surface area contributed by atoms with E-state index in [0.717, 1.165) is 11.3 Å². The van der Waals surface area contributed by atoms with E-state index < -0.39 is 0 Å². The van der Waals surface area contributed by atoms with Gasteiger partial charge in [-0.05, 0) is 42.0 Å². The number of ether oxygens (including phenoxy) is 1. The van der Waals surface area contributed by atoms with E-state index in [-0.39, 0.29) is 23.3 Å². The summed E-state index contributed by atoms with van der Waals surface area (Å²) in [4.78, 5) is 24.3. The van der Waals surface area contributed by atoms with Crippen molar-refractivity contribution in [2.45, 2.75) is 6.42 Å². The Bertz CT molecular complexity index is 835. The van der Waals surface area contributed by atoms with Crippen LogP contribution in [0.5, 0.6) is 5.75 Å². The van der Waals surface area contributed by atoms with Crippen LogP contribution in [0.4, 0.5) is 5.69 Å². The van der Waals surface area contributed by atoms with Crippen LogP contribution in [0, 0.1) is 0 Å². The number of carbonyl (C=O) groups is 2. The lowest BCUT2D eigenvalue weighted by atomic mass is 10.1. The normalized spacial score (nSPS) is 9.81. The van der Waals surface area contributed by atoms with Crippen LogP contribution in [-0.2, 0) is 11.2 Å². The quantitative estimate of drug-likeness (QED) is 0.506. The van der Waals surface area contributed by atoms with Crippen LogP contribution in [0.2, 0.25) is 0 Å². The lowest BCUT2D eigenvalue weighted by Gasteiger charge is -2.13. The molecule has 2 rings (SSSR count). The van der Waals surface area contributed by atoms with Crippen LogP contribution in [0.1, 0.15) is 15.9 Å². The second-order valence-corrected chi connectivity index (χ2v) is 5.98. The molecule has 27 heavy (non-hydrogen) atoms. The van der Waals surface area contributed by atoms with Crippen molar-refractivity contribution in [2.24, 2.45) is 0 Å². The highest BCUT2D eigenvalue weighted by Gasteiger charge is 2.12. The zero-order valence-corrected chi connectivity index (χ0v) is 15.8. The van der Waals surface area contributed by atoms with E-state index in [2.05, 4.69) is 22.5 Å². The third kappa shape index (κ3) is 6.23. The van der Waals surface area contributed by atoms with Gasteiger partial charge in [0.15, 0.2) is 5.11 Å². The number of para-hydroxylation sites is 1. The minimum Gasteiger partial charge on any atom is -0.497 e. The summed E-state index contributed by atoms with van der Waals surface area (Å²) < 4.78 is 5.09. The third-order valence-electron chi connectivity index (χ3n) is 3.60. The molecule has 0 radical (unpaired) electrons. The Balaban J connectivity index is 1.95. The number of hydrogen-bond donors (Lipinski definition) is 3. The Morgan fingerprint density at radius 1 is 1.15 bits per heavy atom. The zero-order chi connectivity index (χ0) is 19.6. The van der Waals surface area contributed by atoms with Crippen molar-refractivity contribution < 1.29 is 14.3 Å². The summed E-state index contributed by atoms with van der Waals surface area (Å²) in [7, 11) is 1.58. The molecule has 0 fully saturated rings. The van der Waals surface area contributed by atoms with Crippen molar-refractivity contribution in [3.05, 3.63) is 72.3 Å². The maximum Gasteiger partial charge on any atom is 0.253 e. The second kappa shape index (κ2) is 10.1. The predicted molar refractivity (Wildman–Crippen MR) is 110 cm³/mol. The molecule has 0 unspecified atom stereocenters. The Labute approximate surface area is 163 Å². The Hall–Kier alpha value is -3.19. The van der Waals surface area contributed by atoms with Gasteiger partial charge in [-0.15, -0.1) is 6.58 Å². The van der Waals surface area contributed by atoms with Gasteiger partial charge in [0.2, 0.25) is 5.91 Å². The monoisotopic (exact) mass is 383 g/mol. The lowest BCUT2D eigenvalue weighted by molar-refractivity contribution is -0.119. The number of amides is 2. The van der Waals surface area contributed by atoms with Crippen LogP contribution in [0.25, 0.3) is 0 Å². The average molecular weight is 383 g/mol. The number of hydrogen-bond acceptors (Lipinski definition) is 4. The van der Waals surface area contributed by atoms with Crippen LogP contribution in [-0.4, -0.2) is 30.6 Å². The van der Waals surface area contributed by atoms with E-state index in [4.69, 9.17) is 17.0 Å². The van der Waals surface area contributed by atoms with Crippen molar-refractivity contribution in [3.8, 4) is 5.75 Å². The number of rotatable bonds is 7. The van der Waals surface area contributed by atoms with Gasteiger partial charge in [0.25, 0.3) is 5.91 Å². The zero-order valence-electron chi connectivity index (χ0n) is 15.0. The van der Waals surface area contributed by atoms with Crippen molar-refractivity contribution in [1.29, 1.82) is 0 Å². The fraction of sp³-hybridized carbons (Fsp3) is 0.150. The number of methoxy groups -OCH3 is 1. The number of carbonyl (C=O) groups excluding carboxylic acids is 2. The summed E-state index contributed by atoms with van der Waals surface area (Å²) in [6.07, 6.45) is 1.77. The van der Waals surface area contributed by atoms with Crippen molar-refractivity contribution in [1.82, 2.24) is 10.6 Å². The third-order valence-corrected chi connectivity index (χ3v) is 3.81. The van der Waals surface area contributed by atoms with E-state index in [1.54, 1.807) is 49.6 Å². The molecule has 2 aromatic rings. The van der Waals surface area contributed by atoms with Crippen LogP contribution < -0.4 is 20.7 Å². The maximum atomic E-state index is 12.2. The van der Waals surface area contributed by atoms with E-state index in [1.165, 1.54) is 0 Å². The molecule has 3 N–H and O–H groups in total. The van der Waals surface area contributed by atoms with E-state index in [0.29, 0.717) is 17.8 Å². The molecular weight excluding hydrogens is 362 g/mol. The van der Waals surface area contributed by atoms with E-state index in [9.17, 15) is 9.59 Å². The first-order valence-electron chi connectivity index (χ1n) is 8.25. The van der Waals surface area contributed by atoms with Gasteiger partial charge >= 0.3 is 0 Å². The molecule has 2 amide bonds. The highest BCUT2D eigenvalue weighted by molar-refractivity contribution is 7.80. The Kier molecular flexibility index (Phi) is 7.51. The summed E-state index contributed by atoms with van der Waals surface area (Å²) in [6, 6.07) is 14.1. The topological polar surface area (TPSA) is 79.5 Å². The summed E-state index contributed by atoms with van der Waals surface area (Å²) in [5.74, 6) is 0.208. The first-order valence-corrected chi connectivity index (χ1v) is 8.66. The summed E-state index contributed by atoms with van der Waals surface area (Å²) in [5, 5.41) is 8.34. The SMILES string of the molecule is C=CCNC(=O)c1ccccc1NC(=S)NC(=O)Cc1ccc(OC)cc1. The maximum absolute atomic E-state index is 12.2. The molecule has 7 heteroatoms. The molecule has 6 nitrogen and oxygen atoms in total. The molecular formula is C20H21N3O3S. The predicted octanol–water partition coefficient (Wildman–Crippen LogP) is 2.67. The van der Waals surface area contributed by atoms with Gasteiger partial charge in [-0.3, -0.25) is 9.59 Å². The van der Waals surface area contributed by atoms with Crippen LogP contribution in [0.3, 0.4) is 0 Å². The summed E-state index contributed by atoms with van der Waals surface area (Å²) in [6.45, 7) is 3.93. The summed E-state index contributed by atoms with van der Waals surface area (Å²) >= 11 is 5.19. The molecule has 0 aliphatic heterocycles. The fourth-order valence-corrected chi connectivity index (χ4v) is 2.53. The number of nitrogens with one attached hydrogen (secondary N) is 3. The van der Waals surface area contributed by atoms with E-state index >= 15 is 0 Å². The number of thiocarbonyl (C=S) groups is 1. The highest BCUT2D eigenvalue weighted by Crippen LogP contribution is 2.15. The molecule has 0 atom stereocenters. The van der Waals surface area contributed by atoms with Gasteiger partial charge in [-0.25, -0.2) is 0 Å². The standard InChI is InChI=1S/C20H21N3O3S/c1-3-12-21-19(25)16-6-4-5-7-17(16)22-20(27)23-18(24)13-14-8-10-15(26-2)11-9-14/h3-11H,1,12-13H2,2H3,(H,21,25)(H2,22,23,24,27). The first kappa shape index (κ1) is 20.1. The molecule has 0 saturated heterocycles. The Morgan fingerprint density at radius 3 is 2.52 bits per heavy atom. The van der Waals surface area contributed by atoms with Crippen LogP contribution in [0.15, 0.2) is 61.2 Å². The second-order valence-electron chi connectivity index (χ2n) is 5.57. The number of anilines is 1. The Morgan fingerprint density at radius 2 is 1.85 bits per heavy atom. The molecule has 0 heterocycles. The van der Waals surface area contributed by atoms with Crippen molar-refractivity contribution in [2.75, 3.05) is 19.0 Å². The molecule has 140 valence electrons. The molecule has 0 aromatic heterocycles. The molecule has 0 bridgehead atoms. The van der Waals surface area contributed by atoms with Crippen molar-refractivity contribution in [3.63, 3.8) is 0 Å². The minimum absolute atomic E-state index is 0.123. The average Bonchev–Trinajstić information content (AvgIpc) is 2.67. The molecule has 0 spiro atoms. The van der Waals surface area contributed by atoms with Crippen molar-refractivity contribution >= 4 is 34.8 Å². The largest absolute Gasteiger partial charge is 0.497 e. The van der Waals surface area contributed by atoms with Gasteiger partial charge in [0.05, 0.1) is 24.8 Å². The van der Waals surface area contributed by atoms with Gasteiger partial charge < -0.3 is 20.7 Å². The van der Waals surface area contributed by atoms with Gasteiger partial charge in [0, 0.05) is 6.54 Å². The lowest BCUT2D eigenvalue weighted by Crippen LogP contribution is -2.36. The molecule has 0 aliphatic rings. The summed E-state index contributed by atoms with van der Waals surface area (Å²) in [5.41, 5.74) is 1.76. The molecule has 0 aliphatic carbocycles. The van der Waals surface area contributed by atoms with Crippen LogP contribution >= 0.6 is 12.2 Å². The first-order chi connectivity index (χ1) is 13.0. The highest BCUT2D eigenvalue weighted by atomic mass is 32.1. The van der Waals surface area contributed by atoms with E-state index in [1.807, 2.05) is 12.1 Å². The number of benzene rings is 2. The molecule has 0 saturated carbocycles.